The molecule has 0 spiro atoms. The van der Waals surface area contributed by atoms with Crippen LogP contribution in [0, 0.1) is 0 Å². The number of rotatable bonds is 7. The third-order valence-electron chi connectivity index (χ3n) is 7.23. The van der Waals surface area contributed by atoms with Gasteiger partial charge in [-0.2, -0.15) is 4.98 Å². The fourth-order valence-electron chi connectivity index (χ4n) is 4.99. The van der Waals surface area contributed by atoms with Gasteiger partial charge >= 0.3 is 0 Å². The normalized spacial score (nSPS) is 17.5. The van der Waals surface area contributed by atoms with E-state index in [9.17, 15) is 0 Å². The summed E-state index contributed by atoms with van der Waals surface area (Å²) >= 11 is 6.34. The number of piperidine rings is 1. The number of piperazine rings is 1. The third kappa shape index (κ3) is 6.18. The van der Waals surface area contributed by atoms with Gasteiger partial charge in [-0.15, -0.1) is 0 Å². The standard InChI is InChI=1S/C27H35ClN8O/c1-34-13-15-36(16-14-34)21-9-11-35(12-10-21)22-7-8-24(25(17-22)37-2)32-27-30-18-23(28)26(33-27)31-20-5-3-19(29)4-6-20/h3-8,17-18,21H,9-16,29H2,1-2H3,(H2,30,31,32,33). The average molecular weight is 523 g/mol. The van der Waals surface area contributed by atoms with Gasteiger partial charge < -0.3 is 30.9 Å². The summed E-state index contributed by atoms with van der Waals surface area (Å²) in [5.41, 5.74) is 9.26. The maximum absolute atomic E-state index is 6.34. The lowest BCUT2D eigenvalue weighted by molar-refractivity contribution is 0.0982. The molecule has 9 nitrogen and oxygen atoms in total. The zero-order valence-corrected chi connectivity index (χ0v) is 22.2. The number of methoxy groups -OCH3 is 1. The Morgan fingerprint density at radius 1 is 0.973 bits per heavy atom. The fraction of sp³-hybridized carbons (Fsp3) is 0.407. The van der Waals surface area contributed by atoms with E-state index >= 15 is 0 Å². The Balaban J connectivity index is 1.24. The Bertz CT molecular complexity index is 1190. The minimum Gasteiger partial charge on any atom is -0.494 e. The minimum atomic E-state index is 0.418. The van der Waals surface area contributed by atoms with Crippen molar-refractivity contribution in [2.75, 3.05) is 74.7 Å². The molecule has 0 saturated carbocycles. The van der Waals surface area contributed by atoms with Gasteiger partial charge in [-0.1, -0.05) is 11.6 Å². The van der Waals surface area contributed by atoms with Crippen LogP contribution in [-0.2, 0) is 0 Å². The van der Waals surface area contributed by atoms with E-state index in [0.717, 1.165) is 30.2 Å². The van der Waals surface area contributed by atoms with Crippen molar-refractivity contribution < 1.29 is 4.74 Å². The molecule has 37 heavy (non-hydrogen) atoms. The molecule has 1 aromatic heterocycles. The number of nitrogens with two attached hydrogens (primary N) is 1. The van der Waals surface area contributed by atoms with Crippen molar-refractivity contribution in [3.05, 3.63) is 53.7 Å². The van der Waals surface area contributed by atoms with Crippen LogP contribution in [0.3, 0.4) is 0 Å². The molecular weight excluding hydrogens is 488 g/mol. The topological polar surface area (TPSA) is 94.8 Å². The Morgan fingerprint density at radius 3 is 2.41 bits per heavy atom. The largest absolute Gasteiger partial charge is 0.494 e. The molecule has 0 unspecified atom stereocenters. The van der Waals surface area contributed by atoms with Gasteiger partial charge in [0.1, 0.15) is 10.8 Å². The molecular formula is C27H35ClN8O. The predicted octanol–water partition coefficient (Wildman–Crippen LogP) is 4.42. The van der Waals surface area contributed by atoms with Gasteiger partial charge in [0.05, 0.1) is 19.0 Å². The summed E-state index contributed by atoms with van der Waals surface area (Å²) in [5.74, 6) is 1.66. The summed E-state index contributed by atoms with van der Waals surface area (Å²) in [6, 6.07) is 14.3. The molecule has 2 fully saturated rings. The maximum Gasteiger partial charge on any atom is 0.229 e. The van der Waals surface area contributed by atoms with Crippen LogP contribution in [0.5, 0.6) is 5.75 Å². The van der Waals surface area contributed by atoms with E-state index in [4.69, 9.17) is 22.1 Å². The Hall–Kier alpha value is -3.27. The van der Waals surface area contributed by atoms with Gasteiger partial charge in [0.15, 0.2) is 5.82 Å². The summed E-state index contributed by atoms with van der Waals surface area (Å²) in [6.07, 6.45) is 3.95. The van der Waals surface area contributed by atoms with Crippen LogP contribution in [-0.4, -0.2) is 79.2 Å². The molecule has 2 aliphatic rings. The van der Waals surface area contributed by atoms with Crippen molar-refractivity contribution in [1.29, 1.82) is 0 Å². The smallest absolute Gasteiger partial charge is 0.229 e. The quantitative estimate of drug-likeness (QED) is 0.389. The van der Waals surface area contributed by atoms with Gasteiger partial charge in [-0.25, -0.2) is 4.98 Å². The minimum absolute atomic E-state index is 0.418. The van der Waals surface area contributed by atoms with Crippen LogP contribution < -0.4 is 26.0 Å². The number of likely N-dealkylation sites (N-methyl/N-ethyl adjacent to an activating group) is 1. The van der Waals surface area contributed by atoms with Crippen molar-refractivity contribution in [2.45, 2.75) is 18.9 Å². The molecule has 0 radical (unpaired) electrons. The van der Waals surface area contributed by atoms with Crippen molar-refractivity contribution in [3.63, 3.8) is 0 Å². The number of benzene rings is 2. The number of nitrogens with one attached hydrogen (secondary N) is 2. The van der Waals surface area contributed by atoms with Crippen LogP contribution in [0.4, 0.5) is 34.5 Å². The maximum atomic E-state index is 6.34. The molecule has 3 heterocycles. The van der Waals surface area contributed by atoms with Gasteiger partial charge in [0, 0.05) is 68.4 Å². The van der Waals surface area contributed by atoms with Crippen molar-refractivity contribution >= 4 is 46.1 Å². The van der Waals surface area contributed by atoms with Crippen LogP contribution in [0.1, 0.15) is 12.8 Å². The summed E-state index contributed by atoms with van der Waals surface area (Å²) in [4.78, 5) is 16.4. The average Bonchev–Trinajstić information content (AvgIpc) is 2.92. The highest BCUT2D eigenvalue weighted by Crippen LogP contribution is 2.34. The molecule has 0 aliphatic carbocycles. The molecule has 0 bridgehead atoms. The second-order valence-corrected chi connectivity index (χ2v) is 10.1. The van der Waals surface area contributed by atoms with E-state index in [0.29, 0.717) is 28.5 Å². The fourth-order valence-corrected chi connectivity index (χ4v) is 5.13. The summed E-state index contributed by atoms with van der Waals surface area (Å²) in [6.45, 7) is 6.80. The molecule has 4 N–H and O–H groups in total. The highest BCUT2D eigenvalue weighted by molar-refractivity contribution is 6.32. The Labute approximate surface area is 223 Å². The number of nitrogens with zero attached hydrogens (tertiary/aromatic N) is 5. The van der Waals surface area contributed by atoms with Crippen molar-refractivity contribution in [3.8, 4) is 5.75 Å². The molecule has 2 aliphatic heterocycles. The number of hydrogen-bond acceptors (Lipinski definition) is 9. The van der Waals surface area contributed by atoms with Crippen LogP contribution in [0.25, 0.3) is 0 Å². The van der Waals surface area contributed by atoms with Crippen LogP contribution in [0.15, 0.2) is 48.7 Å². The Kier molecular flexibility index (Phi) is 7.83. The highest BCUT2D eigenvalue weighted by atomic mass is 35.5. The number of nitrogen functional groups attached to an aromatic ring is 1. The first-order valence-electron chi connectivity index (χ1n) is 12.8. The van der Waals surface area contributed by atoms with Crippen LogP contribution in [0.2, 0.25) is 5.02 Å². The Morgan fingerprint density at radius 2 is 1.70 bits per heavy atom. The van der Waals surface area contributed by atoms with Gasteiger partial charge in [0.25, 0.3) is 0 Å². The van der Waals surface area contributed by atoms with E-state index in [1.165, 1.54) is 44.7 Å². The SMILES string of the molecule is COc1cc(N2CCC(N3CCN(C)CC3)CC2)ccc1Nc1ncc(Cl)c(Nc2ccc(N)cc2)n1. The summed E-state index contributed by atoms with van der Waals surface area (Å²) < 4.78 is 5.73. The van der Waals surface area contributed by atoms with E-state index in [-0.39, 0.29) is 0 Å². The van der Waals surface area contributed by atoms with Crippen molar-refractivity contribution in [1.82, 2.24) is 19.8 Å². The third-order valence-corrected chi connectivity index (χ3v) is 7.51. The molecule has 2 saturated heterocycles. The lowest BCUT2D eigenvalue weighted by Gasteiger charge is -2.42. The number of aromatic nitrogens is 2. The number of hydrogen-bond donors (Lipinski definition) is 3. The first-order chi connectivity index (χ1) is 18.0. The predicted molar refractivity (Wildman–Crippen MR) is 152 cm³/mol. The van der Waals surface area contributed by atoms with Gasteiger partial charge in [-0.3, -0.25) is 4.90 Å². The second kappa shape index (κ2) is 11.4. The van der Waals surface area contributed by atoms with E-state index < -0.39 is 0 Å². The molecule has 0 amide bonds. The van der Waals surface area contributed by atoms with E-state index in [1.807, 2.05) is 30.3 Å². The zero-order valence-electron chi connectivity index (χ0n) is 21.5. The highest BCUT2D eigenvalue weighted by Gasteiger charge is 2.27. The zero-order chi connectivity index (χ0) is 25.8. The molecule has 3 aromatic rings. The number of ether oxygens (including phenoxy) is 1. The van der Waals surface area contributed by atoms with E-state index in [1.54, 1.807) is 13.3 Å². The summed E-state index contributed by atoms with van der Waals surface area (Å²) in [5, 5.41) is 6.91. The molecule has 196 valence electrons. The first-order valence-corrected chi connectivity index (χ1v) is 13.1. The molecule has 5 rings (SSSR count). The van der Waals surface area contributed by atoms with Crippen LogP contribution >= 0.6 is 11.6 Å². The lowest BCUT2D eigenvalue weighted by Crippen LogP contribution is -2.52. The number of anilines is 6. The molecule has 10 heteroatoms. The number of halogens is 1. The van der Waals surface area contributed by atoms with Gasteiger partial charge in [-0.05, 0) is 56.3 Å². The summed E-state index contributed by atoms with van der Waals surface area (Å²) in [7, 11) is 3.89. The van der Waals surface area contributed by atoms with E-state index in [2.05, 4.69) is 54.5 Å². The second-order valence-electron chi connectivity index (χ2n) is 9.70. The lowest BCUT2D eigenvalue weighted by atomic mass is 10.0. The monoisotopic (exact) mass is 522 g/mol. The van der Waals surface area contributed by atoms with Crippen molar-refractivity contribution in [2.24, 2.45) is 0 Å². The molecule has 2 aromatic carbocycles. The van der Waals surface area contributed by atoms with Gasteiger partial charge in [0.2, 0.25) is 5.95 Å². The first kappa shape index (κ1) is 25.4. The molecule has 0 atom stereocenters.